The van der Waals surface area contributed by atoms with Crippen LogP contribution in [0.4, 0.5) is 0 Å². The van der Waals surface area contributed by atoms with Gasteiger partial charge in [0.05, 0.1) is 6.10 Å². The predicted molar refractivity (Wildman–Crippen MR) is 115 cm³/mol. The highest BCUT2D eigenvalue weighted by Gasteiger charge is 2.44. The number of allylic oxidation sites excluding steroid dienone is 2. The van der Waals surface area contributed by atoms with E-state index in [1.807, 2.05) is 12.2 Å². The van der Waals surface area contributed by atoms with Gasteiger partial charge in [-0.2, -0.15) is 0 Å². The van der Waals surface area contributed by atoms with Crippen LogP contribution in [0.3, 0.4) is 0 Å². The van der Waals surface area contributed by atoms with Gasteiger partial charge in [0.2, 0.25) is 6.10 Å². The summed E-state index contributed by atoms with van der Waals surface area (Å²) < 4.78 is 10.4. The molecule has 8 heteroatoms. The highest BCUT2D eigenvalue weighted by Crippen LogP contribution is 2.26. The van der Waals surface area contributed by atoms with Crippen molar-refractivity contribution in [2.24, 2.45) is 0 Å². The quantitative estimate of drug-likeness (QED) is 0.381. The Morgan fingerprint density at radius 2 is 1.78 bits per heavy atom. The van der Waals surface area contributed by atoms with E-state index in [1.54, 1.807) is 54.6 Å². The van der Waals surface area contributed by atoms with Crippen LogP contribution in [0.2, 0.25) is 0 Å². The maximum Gasteiger partial charge on any atom is 0.349 e. The van der Waals surface area contributed by atoms with Gasteiger partial charge in [0, 0.05) is 12.3 Å². The van der Waals surface area contributed by atoms with Gasteiger partial charge in [0.15, 0.2) is 12.2 Å². The van der Waals surface area contributed by atoms with Gasteiger partial charge in [-0.1, -0.05) is 42.5 Å². The standard InChI is InChI=1S/C24H24O8/c1-2-15(6-3-14-4-9-17(25)10-5-14)16-7-11-18(12-8-16)31-21-19(26)13-20(27)24(30)32-22(21)23(28)29/h2-12,15,19-22,25-27H,1,13H2,(H,28,29). The number of hydrogen-bond acceptors (Lipinski definition) is 7. The fourth-order valence-corrected chi connectivity index (χ4v) is 3.31. The molecule has 0 bridgehead atoms. The number of esters is 1. The lowest BCUT2D eigenvalue weighted by atomic mass is 9.97. The number of aliphatic carboxylic acids is 1. The topological polar surface area (TPSA) is 134 Å². The Bertz CT molecular complexity index is 980. The van der Waals surface area contributed by atoms with Crippen molar-refractivity contribution in [3.63, 3.8) is 0 Å². The van der Waals surface area contributed by atoms with Crippen LogP contribution in [0.5, 0.6) is 11.5 Å². The van der Waals surface area contributed by atoms with Crippen molar-refractivity contribution in [2.45, 2.75) is 36.8 Å². The van der Waals surface area contributed by atoms with Gasteiger partial charge in [0.1, 0.15) is 11.5 Å². The number of carbonyl (C=O) groups is 2. The molecule has 1 heterocycles. The Hall–Kier alpha value is -3.62. The summed E-state index contributed by atoms with van der Waals surface area (Å²) in [5.74, 6) is -2.27. The molecule has 32 heavy (non-hydrogen) atoms. The zero-order chi connectivity index (χ0) is 23.3. The summed E-state index contributed by atoms with van der Waals surface area (Å²) in [6, 6.07) is 13.5. The first-order chi connectivity index (χ1) is 15.3. The van der Waals surface area contributed by atoms with E-state index in [2.05, 4.69) is 6.58 Å². The molecule has 4 N–H and O–H groups in total. The molecule has 1 aliphatic rings. The van der Waals surface area contributed by atoms with E-state index in [-0.39, 0.29) is 17.4 Å². The summed E-state index contributed by atoms with van der Waals surface area (Å²) in [6.45, 7) is 3.85. The molecule has 0 saturated carbocycles. The van der Waals surface area contributed by atoms with Crippen molar-refractivity contribution in [1.29, 1.82) is 0 Å². The molecule has 0 radical (unpaired) electrons. The first-order valence-electron chi connectivity index (χ1n) is 9.94. The number of carbonyl (C=O) groups excluding carboxylic acids is 1. The molecule has 1 saturated heterocycles. The van der Waals surface area contributed by atoms with Crippen LogP contribution in [-0.2, 0) is 14.3 Å². The molecule has 0 amide bonds. The Balaban J connectivity index is 1.74. The number of rotatable bonds is 7. The van der Waals surface area contributed by atoms with E-state index >= 15 is 0 Å². The van der Waals surface area contributed by atoms with E-state index in [4.69, 9.17) is 9.47 Å². The van der Waals surface area contributed by atoms with Gasteiger partial charge in [-0.15, -0.1) is 6.58 Å². The molecule has 3 rings (SSSR count). The SMILES string of the molecule is C=CC(C=Cc1ccc(O)cc1)c1ccc(OC2C(O)CC(O)C(=O)OC2C(=O)O)cc1. The van der Waals surface area contributed by atoms with Crippen molar-refractivity contribution in [2.75, 3.05) is 0 Å². The second-order valence-electron chi connectivity index (χ2n) is 7.38. The van der Waals surface area contributed by atoms with E-state index in [9.17, 15) is 30.0 Å². The van der Waals surface area contributed by atoms with E-state index in [1.165, 1.54) is 0 Å². The molecule has 168 valence electrons. The van der Waals surface area contributed by atoms with Gasteiger partial charge >= 0.3 is 11.9 Å². The van der Waals surface area contributed by atoms with E-state index < -0.39 is 42.8 Å². The van der Waals surface area contributed by atoms with Crippen molar-refractivity contribution >= 4 is 18.0 Å². The summed E-state index contributed by atoms with van der Waals surface area (Å²) in [7, 11) is 0. The zero-order valence-electron chi connectivity index (χ0n) is 17.1. The lowest BCUT2D eigenvalue weighted by Crippen LogP contribution is -2.46. The molecule has 5 atom stereocenters. The smallest absolute Gasteiger partial charge is 0.349 e. The number of carboxylic acids is 1. The van der Waals surface area contributed by atoms with Crippen molar-refractivity contribution in [1.82, 2.24) is 0 Å². The number of carboxylic acid groups (broad SMARTS) is 1. The summed E-state index contributed by atoms with van der Waals surface area (Å²) in [4.78, 5) is 23.2. The number of aromatic hydroxyl groups is 1. The minimum Gasteiger partial charge on any atom is -0.508 e. The number of phenolic OH excluding ortho intramolecular Hbond substituents is 1. The second-order valence-corrected chi connectivity index (χ2v) is 7.38. The Morgan fingerprint density at radius 3 is 2.38 bits per heavy atom. The lowest BCUT2D eigenvalue weighted by Gasteiger charge is -2.26. The molecular weight excluding hydrogens is 416 g/mol. The minimum absolute atomic E-state index is 0.121. The lowest BCUT2D eigenvalue weighted by molar-refractivity contribution is -0.174. The van der Waals surface area contributed by atoms with Gasteiger partial charge in [-0.3, -0.25) is 0 Å². The number of aliphatic hydroxyl groups excluding tert-OH is 2. The average Bonchev–Trinajstić information content (AvgIpc) is 2.87. The summed E-state index contributed by atoms with van der Waals surface area (Å²) in [5.41, 5.74) is 1.80. The average molecular weight is 440 g/mol. The number of phenols is 1. The fraction of sp³-hybridized carbons (Fsp3) is 0.250. The van der Waals surface area contributed by atoms with Crippen LogP contribution < -0.4 is 4.74 Å². The molecule has 0 aromatic heterocycles. The van der Waals surface area contributed by atoms with Gasteiger partial charge in [-0.25, -0.2) is 9.59 Å². The summed E-state index contributed by atoms with van der Waals surface area (Å²) >= 11 is 0. The fourth-order valence-electron chi connectivity index (χ4n) is 3.31. The molecule has 5 unspecified atom stereocenters. The normalized spacial score (nSPS) is 24.4. The van der Waals surface area contributed by atoms with Crippen molar-refractivity contribution in [3.8, 4) is 11.5 Å². The molecule has 2 aromatic rings. The largest absolute Gasteiger partial charge is 0.508 e. The molecule has 1 fully saturated rings. The van der Waals surface area contributed by atoms with E-state index in [0.29, 0.717) is 0 Å². The number of aliphatic hydroxyl groups is 2. The maximum absolute atomic E-state index is 11.7. The Kier molecular flexibility index (Phi) is 7.29. The third kappa shape index (κ3) is 5.54. The Labute approximate surface area is 184 Å². The van der Waals surface area contributed by atoms with Gasteiger partial charge in [-0.05, 0) is 35.4 Å². The third-order valence-electron chi connectivity index (χ3n) is 5.08. The molecule has 8 nitrogen and oxygen atoms in total. The van der Waals surface area contributed by atoms with Gasteiger partial charge < -0.3 is 29.9 Å². The van der Waals surface area contributed by atoms with Crippen LogP contribution in [0.15, 0.2) is 67.3 Å². The first kappa shape index (κ1) is 23.1. The third-order valence-corrected chi connectivity index (χ3v) is 5.08. The highest BCUT2D eigenvalue weighted by molar-refractivity contribution is 5.81. The first-order valence-corrected chi connectivity index (χ1v) is 9.94. The zero-order valence-corrected chi connectivity index (χ0v) is 17.1. The summed E-state index contributed by atoms with van der Waals surface area (Å²) in [5, 5.41) is 38.7. The number of benzene rings is 2. The van der Waals surface area contributed by atoms with Crippen molar-refractivity contribution < 1.29 is 39.5 Å². The summed E-state index contributed by atoms with van der Waals surface area (Å²) in [6.07, 6.45) is -1.01. The van der Waals surface area contributed by atoms with Crippen LogP contribution in [0.1, 0.15) is 23.5 Å². The molecule has 2 aromatic carbocycles. The van der Waals surface area contributed by atoms with Crippen LogP contribution in [0.25, 0.3) is 6.08 Å². The number of hydrogen-bond donors (Lipinski definition) is 4. The molecular formula is C24H24O8. The van der Waals surface area contributed by atoms with Crippen molar-refractivity contribution in [3.05, 3.63) is 78.4 Å². The monoisotopic (exact) mass is 440 g/mol. The van der Waals surface area contributed by atoms with Crippen LogP contribution in [0, 0.1) is 0 Å². The Morgan fingerprint density at radius 1 is 1.12 bits per heavy atom. The molecule has 1 aliphatic heterocycles. The molecule has 0 spiro atoms. The van der Waals surface area contributed by atoms with Crippen LogP contribution in [-0.4, -0.2) is 56.8 Å². The molecule has 0 aliphatic carbocycles. The second kappa shape index (κ2) is 10.1. The minimum atomic E-state index is -1.76. The van der Waals surface area contributed by atoms with Crippen LogP contribution >= 0.6 is 0 Å². The van der Waals surface area contributed by atoms with E-state index in [0.717, 1.165) is 11.1 Å². The highest BCUT2D eigenvalue weighted by atomic mass is 16.6. The number of ether oxygens (including phenoxy) is 2. The number of cyclic esters (lactones) is 1. The predicted octanol–water partition coefficient (Wildman–Crippen LogP) is 2.24. The van der Waals surface area contributed by atoms with Gasteiger partial charge in [0.25, 0.3) is 0 Å². The maximum atomic E-state index is 11.7.